The van der Waals surface area contributed by atoms with Gasteiger partial charge in [0.05, 0.1) is 6.61 Å². The Labute approximate surface area is 112 Å². The van der Waals surface area contributed by atoms with E-state index < -0.39 is 0 Å². The zero-order valence-corrected chi connectivity index (χ0v) is 12.2. The van der Waals surface area contributed by atoms with Crippen LogP contribution in [0.25, 0.3) is 0 Å². The first kappa shape index (κ1) is 15.0. The number of para-hydroxylation sites is 1. The van der Waals surface area contributed by atoms with Crippen LogP contribution >= 0.6 is 0 Å². The maximum absolute atomic E-state index is 5.68. The molecule has 1 N–H and O–H groups in total. The molecule has 0 amide bonds. The Balaban J connectivity index is 2.62. The fraction of sp³-hybridized carbons (Fsp3) is 0.625. The number of benzene rings is 1. The molecule has 1 aromatic rings. The van der Waals surface area contributed by atoms with Crippen molar-refractivity contribution >= 4 is 0 Å². The molecule has 0 fully saturated rings. The first-order valence-corrected chi connectivity index (χ1v) is 7.16. The maximum atomic E-state index is 5.68. The molecule has 0 saturated carbocycles. The van der Waals surface area contributed by atoms with Gasteiger partial charge in [0, 0.05) is 17.6 Å². The van der Waals surface area contributed by atoms with E-state index >= 15 is 0 Å². The molecule has 2 nitrogen and oxygen atoms in total. The highest BCUT2D eigenvalue weighted by Crippen LogP contribution is 2.25. The minimum Gasteiger partial charge on any atom is -0.494 e. The molecule has 102 valence electrons. The van der Waals surface area contributed by atoms with Gasteiger partial charge in [0.25, 0.3) is 0 Å². The lowest BCUT2D eigenvalue weighted by molar-refractivity contribution is 0.329. The van der Waals surface area contributed by atoms with Gasteiger partial charge in [-0.05, 0) is 33.3 Å². The molecule has 1 aromatic carbocycles. The van der Waals surface area contributed by atoms with Crippen LogP contribution in [0.2, 0.25) is 0 Å². The zero-order valence-electron chi connectivity index (χ0n) is 12.2. The van der Waals surface area contributed by atoms with Gasteiger partial charge in [-0.3, -0.25) is 0 Å². The number of hydrogen-bond donors (Lipinski definition) is 1. The minimum atomic E-state index is 0.333. The van der Waals surface area contributed by atoms with Crippen molar-refractivity contribution < 1.29 is 4.74 Å². The van der Waals surface area contributed by atoms with Crippen molar-refractivity contribution in [2.75, 3.05) is 6.61 Å². The first-order chi connectivity index (χ1) is 8.69. The standard InChI is InChI=1S/C16H27NO/c1-5-7-10-13(3)17-14(4)15-11-8-9-12-16(15)18-6-2/h8-9,11-14,17H,5-7,10H2,1-4H3. The first-order valence-electron chi connectivity index (χ1n) is 7.16. The average Bonchev–Trinajstić information content (AvgIpc) is 2.37. The van der Waals surface area contributed by atoms with Crippen molar-refractivity contribution in [3.05, 3.63) is 29.8 Å². The predicted octanol–water partition coefficient (Wildman–Crippen LogP) is 4.31. The third-order valence-corrected chi connectivity index (χ3v) is 3.21. The molecule has 0 bridgehead atoms. The van der Waals surface area contributed by atoms with Crippen molar-refractivity contribution in [1.82, 2.24) is 5.32 Å². The third kappa shape index (κ3) is 4.69. The summed E-state index contributed by atoms with van der Waals surface area (Å²) in [7, 11) is 0. The lowest BCUT2D eigenvalue weighted by Crippen LogP contribution is -2.29. The van der Waals surface area contributed by atoms with Crippen LogP contribution in [0.5, 0.6) is 5.75 Å². The van der Waals surface area contributed by atoms with E-state index in [1.165, 1.54) is 24.8 Å². The molecule has 0 aliphatic carbocycles. The van der Waals surface area contributed by atoms with Gasteiger partial charge in [-0.25, -0.2) is 0 Å². The van der Waals surface area contributed by atoms with E-state index in [2.05, 4.69) is 38.2 Å². The highest BCUT2D eigenvalue weighted by atomic mass is 16.5. The molecule has 0 aromatic heterocycles. The second-order valence-corrected chi connectivity index (χ2v) is 4.90. The van der Waals surface area contributed by atoms with Crippen molar-refractivity contribution in [3.8, 4) is 5.75 Å². The van der Waals surface area contributed by atoms with Crippen LogP contribution in [0.4, 0.5) is 0 Å². The van der Waals surface area contributed by atoms with Gasteiger partial charge in [0.1, 0.15) is 5.75 Å². The summed E-state index contributed by atoms with van der Waals surface area (Å²) in [6, 6.07) is 9.19. The second-order valence-electron chi connectivity index (χ2n) is 4.90. The number of unbranched alkanes of at least 4 members (excludes halogenated alkanes) is 1. The largest absolute Gasteiger partial charge is 0.494 e. The van der Waals surface area contributed by atoms with Crippen molar-refractivity contribution in [2.45, 2.75) is 59.0 Å². The Bertz CT molecular complexity index is 338. The van der Waals surface area contributed by atoms with Gasteiger partial charge in [-0.2, -0.15) is 0 Å². The van der Waals surface area contributed by atoms with E-state index in [1.807, 2.05) is 19.1 Å². The van der Waals surface area contributed by atoms with E-state index in [1.54, 1.807) is 0 Å². The molecule has 0 heterocycles. The Kier molecular flexibility index (Phi) is 6.81. The summed E-state index contributed by atoms with van der Waals surface area (Å²) in [6.07, 6.45) is 3.78. The van der Waals surface area contributed by atoms with Gasteiger partial charge >= 0.3 is 0 Å². The summed E-state index contributed by atoms with van der Waals surface area (Å²) in [5, 5.41) is 3.65. The highest BCUT2D eigenvalue weighted by Gasteiger charge is 2.13. The molecular weight excluding hydrogens is 222 g/mol. The van der Waals surface area contributed by atoms with Gasteiger partial charge in [0.15, 0.2) is 0 Å². The van der Waals surface area contributed by atoms with Crippen LogP contribution < -0.4 is 10.1 Å². The number of ether oxygens (including phenoxy) is 1. The van der Waals surface area contributed by atoms with Crippen LogP contribution in [0.15, 0.2) is 24.3 Å². The van der Waals surface area contributed by atoms with E-state index in [0.717, 1.165) is 12.4 Å². The van der Waals surface area contributed by atoms with Crippen LogP contribution in [-0.4, -0.2) is 12.6 Å². The molecule has 0 aliphatic heterocycles. The average molecular weight is 249 g/mol. The van der Waals surface area contributed by atoms with Crippen LogP contribution in [-0.2, 0) is 0 Å². The minimum absolute atomic E-state index is 0.333. The van der Waals surface area contributed by atoms with Crippen LogP contribution in [0.3, 0.4) is 0 Å². The molecule has 0 aliphatic rings. The fourth-order valence-electron chi connectivity index (χ4n) is 2.24. The van der Waals surface area contributed by atoms with Gasteiger partial charge in [-0.15, -0.1) is 0 Å². The predicted molar refractivity (Wildman–Crippen MR) is 78.1 cm³/mol. The summed E-state index contributed by atoms with van der Waals surface area (Å²) in [5.41, 5.74) is 1.25. The van der Waals surface area contributed by atoms with Crippen molar-refractivity contribution in [2.24, 2.45) is 0 Å². The molecule has 1 rings (SSSR count). The quantitative estimate of drug-likeness (QED) is 0.741. The molecule has 18 heavy (non-hydrogen) atoms. The van der Waals surface area contributed by atoms with E-state index in [4.69, 9.17) is 4.74 Å². The Morgan fingerprint density at radius 1 is 1.17 bits per heavy atom. The smallest absolute Gasteiger partial charge is 0.124 e. The van der Waals surface area contributed by atoms with Crippen molar-refractivity contribution in [3.63, 3.8) is 0 Å². The third-order valence-electron chi connectivity index (χ3n) is 3.21. The summed E-state index contributed by atoms with van der Waals surface area (Å²) >= 11 is 0. The van der Waals surface area contributed by atoms with E-state index in [0.29, 0.717) is 12.1 Å². The Morgan fingerprint density at radius 3 is 2.56 bits per heavy atom. The maximum Gasteiger partial charge on any atom is 0.124 e. The van der Waals surface area contributed by atoms with Crippen molar-refractivity contribution in [1.29, 1.82) is 0 Å². The molecule has 0 saturated heterocycles. The molecule has 2 atom stereocenters. The van der Waals surface area contributed by atoms with Gasteiger partial charge in [0.2, 0.25) is 0 Å². The van der Waals surface area contributed by atoms with Gasteiger partial charge < -0.3 is 10.1 Å². The topological polar surface area (TPSA) is 21.3 Å². The Morgan fingerprint density at radius 2 is 1.89 bits per heavy atom. The summed E-state index contributed by atoms with van der Waals surface area (Å²) in [6.45, 7) is 9.45. The van der Waals surface area contributed by atoms with Gasteiger partial charge in [-0.1, -0.05) is 38.0 Å². The zero-order chi connectivity index (χ0) is 13.4. The SMILES string of the molecule is CCCCC(C)NC(C)c1ccccc1OCC. The van der Waals surface area contributed by atoms with Crippen LogP contribution in [0, 0.1) is 0 Å². The highest BCUT2D eigenvalue weighted by molar-refractivity contribution is 5.35. The van der Waals surface area contributed by atoms with E-state index in [-0.39, 0.29) is 0 Å². The summed E-state index contributed by atoms with van der Waals surface area (Å²) < 4.78 is 5.68. The Hall–Kier alpha value is -1.02. The lowest BCUT2D eigenvalue weighted by atomic mass is 10.0. The molecule has 2 unspecified atom stereocenters. The summed E-state index contributed by atoms with van der Waals surface area (Å²) in [4.78, 5) is 0. The molecule has 0 radical (unpaired) electrons. The number of nitrogens with one attached hydrogen (secondary N) is 1. The summed E-state index contributed by atoms with van der Waals surface area (Å²) in [5.74, 6) is 1.00. The number of hydrogen-bond acceptors (Lipinski definition) is 2. The number of rotatable bonds is 8. The normalized spacial score (nSPS) is 14.2. The second kappa shape index (κ2) is 8.15. The molecule has 2 heteroatoms. The lowest BCUT2D eigenvalue weighted by Gasteiger charge is -2.22. The fourth-order valence-corrected chi connectivity index (χ4v) is 2.24. The monoisotopic (exact) mass is 249 g/mol. The van der Waals surface area contributed by atoms with E-state index in [9.17, 15) is 0 Å². The van der Waals surface area contributed by atoms with Crippen LogP contribution in [0.1, 0.15) is 58.6 Å². The molecular formula is C16H27NO. The molecule has 0 spiro atoms.